The minimum absolute atomic E-state index is 0.0672. The second-order valence-corrected chi connectivity index (χ2v) is 7.08. The first kappa shape index (κ1) is 14.2. The normalized spacial score (nSPS) is 12.8. The van der Waals surface area contributed by atoms with E-state index < -0.39 is 16.5 Å². The van der Waals surface area contributed by atoms with Crippen LogP contribution in [0, 0.1) is 25.5 Å². The summed E-state index contributed by atoms with van der Waals surface area (Å²) in [5, 5.41) is 0. The van der Waals surface area contributed by atoms with E-state index in [2.05, 4.69) is 31.9 Å². The van der Waals surface area contributed by atoms with Crippen molar-refractivity contribution >= 4 is 43.2 Å². The van der Waals surface area contributed by atoms with Gasteiger partial charge in [-0.3, -0.25) is 0 Å². The van der Waals surface area contributed by atoms with Crippen LogP contribution >= 0.6 is 43.2 Å². The average Bonchev–Trinajstić information content (AvgIpc) is 2.63. The molecule has 2 rings (SSSR count). The summed E-state index contributed by atoms with van der Waals surface area (Å²) >= 11 is 8.33. The molecule has 0 aliphatic heterocycles. The van der Waals surface area contributed by atoms with Gasteiger partial charge in [0.15, 0.2) is 0 Å². The van der Waals surface area contributed by atoms with E-state index in [-0.39, 0.29) is 5.56 Å². The molecule has 0 saturated carbocycles. The Kier molecular flexibility index (Phi) is 4.24. The maximum absolute atomic E-state index is 14.1. The Morgan fingerprint density at radius 2 is 1.89 bits per heavy atom. The highest BCUT2D eigenvalue weighted by Crippen LogP contribution is 2.42. The third-order valence-electron chi connectivity index (χ3n) is 2.64. The minimum atomic E-state index is -0.530. The van der Waals surface area contributed by atoms with Crippen LogP contribution in [0.25, 0.3) is 0 Å². The summed E-state index contributed by atoms with van der Waals surface area (Å²) in [4.78, 5) is 1.48. The third kappa shape index (κ3) is 2.53. The molecular weight excluding hydrogens is 386 g/mol. The van der Waals surface area contributed by atoms with Gasteiger partial charge in [-0.15, -0.1) is 11.3 Å². The fourth-order valence-electron chi connectivity index (χ4n) is 1.72. The van der Waals surface area contributed by atoms with Crippen LogP contribution < -0.4 is 0 Å². The van der Waals surface area contributed by atoms with Gasteiger partial charge in [0, 0.05) is 19.8 Å². The van der Waals surface area contributed by atoms with Crippen LogP contribution in [-0.4, -0.2) is 0 Å². The van der Waals surface area contributed by atoms with Gasteiger partial charge in [0.25, 0.3) is 0 Å². The maximum atomic E-state index is 14.1. The maximum Gasteiger partial charge on any atom is 0.133 e. The van der Waals surface area contributed by atoms with Crippen LogP contribution in [0.2, 0.25) is 0 Å². The largest absolute Gasteiger partial charge is 0.207 e. The van der Waals surface area contributed by atoms with Crippen molar-refractivity contribution in [3.05, 3.63) is 55.2 Å². The average molecular weight is 396 g/mol. The molecule has 0 radical (unpaired) electrons. The molecule has 0 spiro atoms. The van der Waals surface area contributed by atoms with E-state index in [9.17, 15) is 8.78 Å². The molecule has 5 heteroatoms. The predicted molar refractivity (Wildman–Crippen MR) is 78.6 cm³/mol. The van der Waals surface area contributed by atoms with E-state index in [1.807, 2.05) is 13.0 Å². The van der Waals surface area contributed by atoms with Crippen molar-refractivity contribution in [1.29, 1.82) is 0 Å². The Labute approximate surface area is 125 Å². The van der Waals surface area contributed by atoms with Gasteiger partial charge < -0.3 is 0 Å². The van der Waals surface area contributed by atoms with E-state index in [4.69, 9.17) is 0 Å². The number of hydrogen-bond acceptors (Lipinski definition) is 1. The van der Waals surface area contributed by atoms with E-state index >= 15 is 0 Å². The highest BCUT2D eigenvalue weighted by Gasteiger charge is 2.24. The summed E-state index contributed by atoms with van der Waals surface area (Å²) in [6.45, 7) is 3.59. The summed E-state index contributed by atoms with van der Waals surface area (Å²) in [7, 11) is 0. The number of hydrogen-bond donors (Lipinski definition) is 0. The zero-order valence-electron chi connectivity index (χ0n) is 9.73. The number of alkyl halides is 1. The summed E-state index contributed by atoms with van der Waals surface area (Å²) in [5.41, 5.74) is 0.512. The minimum Gasteiger partial charge on any atom is -0.207 e. The van der Waals surface area contributed by atoms with Crippen molar-refractivity contribution in [2.45, 2.75) is 18.7 Å². The van der Waals surface area contributed by atoms with Crippen LogP contribution in [0.4, 0.5) is 8.78 Å². The van der Waals surface area contributed by atoms with Gasteiger partial charge in [-0.2, -0.15) is 0 Å². The number of halogens is 4. The van der Waals surface area contributed by atoms with Crippen LogP contribution in [0.3, 0.4) is 0 Å². The quantitative estimate of drug-likeness (QED) is 0.556. The van der Waals surface area contributed by atoms with E-state index in [0.29, 0.717) is 5.56 Å². The predicted octanol–water partition coefficient (Wildman–Crippen LogP) is 5.89. The van der Waals surface area contributed by atoms with E-state index in [1.165, 1.54) is 23.5 Å². The molecule has 1 atom stereocenters. The molecular formula is C13H10Br2F2S. The second-order valence-electron chi connectivity index (χ2n) is 4.02. The summed E-state index contributed by atoms with van der Waals surface area (Å²) < 4.78 is 28.7. The van der Waals surface area contributed by atoms with Gasteiger partial charge in [-0.05, 0) is 47.5 Å². The summed E-state index contributed by atoms with van der Waals surface area (Å²) in [6, 6.07) is 4.69. The molecule has 0 N–H and O–H groups in total. The van der Waals surface area contributed by atoms with Crippen LogP contribution in [0.1, 0.15) is 25.7 Å². The molecule has 18 heavy (non-hydrogen) atoms. The lowest BCUT2D eigenvalue weighted by atomic mass is 10.1. The van der Waals surface area contributed by atoms with Crippen LogP contribution in [0.15, 0.2) is 22.7 Å². The Morgan fingerprint density at radius 1 is 1.22 bits per heavy atom. The molecule has 0 saturated heterocycles. The lowest BCUT2D eigenvalue weighted by molar-refractivity contribution is 0.555. The molecule has 0 aliphatic carbocycles. The molecule has 0 bridgehead atoms. The zero-order chi connectivity index (χ0) is 13.4. The highest BCUT2D eigenvalue weighted by molar-refractivity contribution is 9.11. The number of benzene rings is 1. The lowest BCUT2D eigenvalue weighted by Crippen LogP contribution is -2.01. The third-order valence-corrected chi connectivity index (χ3v) is 5.89. The molecule has 0 amide bonds. The topological polar surface area (TPSA) is 0 Å². The molecule has 2 aromatic rings. The monoisotopic (exact) mass is 394 g/mol. The molecule has 1 aromatic heterocycles. The van der Waals surface area contributed by atoms with Crippen molar-refractivity contribution in [2.24, 2.45) is 0 Å². The van der Waals surface area contributed by atoms with E-state index in [1.54, 1.807) is 6.92 Å². The van der Waals surface area contributed by atoms with Gasteiger partial charge in [-0.1, -0.05) is 22.0 Å². The van der Waals surface area contributed by atoms with Crippen molar-refractivity contribution in [1.82, 2.24) is 0 Å². The Bertz CT molecular complexity index is 593. The SMILES string of the molecule is Cc1cc(Br)c(C(Br)c2c(F)ccc(C)c2F)s1. The first-order valence-corrected chi connectivity index (χ1v) is 7.78. The molecule has 1 unspecified atom stereocenters. The fraction of sp³-hybridized carbons (Fsp3) is 0.231. The fourth-order valence-corrected chi connectivity index (χ4v) is 4.84. The van der Waals surface area contributed by atoms with Crippen LogP contribution in [0.5, 0.6) is 0 Å². The standard InChI is InChI=1S/C13H10Br2F2S/c1-6-3-4-9(16)10(12(6)17)11(15)13-8(14)5-7(2)18-13/h3-5,11H,1-2H3. The molecule has 0 nitrogen and oxygen atoms in total. The molecule has 96 valence electrons. The van der Waals surface area contributed by atoms with Crippen molar-refractivity contribution in [3.63, 3.8) is 0 Å². The van der Waals surface area contributed by atoms with Gasteiger partial charge in [0.1, 0.15) is 11.6 Å². The van der Waals surface area contributed by atoms with Crippen molar-refractivity contribution in [2.75, 3.05) is 0 Å². The highest BCUT2D eigenvalue weighted by atomic mass is 79.9. The van der Waals surface area contributed by atoms with Crippen molar-refractivity contribution < 1.29 is 8.78 Å². The van der Waals surface area contributed by atoms with Gasteiger partial charge in [-0.25, -0.2) is 8.78 Å². The number of rotatable bonds is 2. The molecule has 0 aliphatic rings. The molecule has 1 aromatic carbocycles. The first-order chi connectivity index (χ1) is 8.41. The number of thiophene rings is 1. The molecule has 1 heterocycles. The van der Waals surface area contributed by atoms with Gasteiger partial charge in [0.2, 0.25) is 0 Å². The smallest absolute Gasteiger partial charge is 0.133 e. The first-order valence-electron chi connectivity index (χ1n) is 5.26. The number of aryl methyl sites for hydroxylation is 2. The van der Waals surface area contributed by atoms with E-state index in [0.717, 1.165) is 14.2 Å². The Hall–Kier alpha value is -0.260. The molecule has 0 fully saturated rings. The van der Waals surface area contributed by atoms with Gasteiger partial charge >= 0.3 is 0 Å². The Balaban J connectivity index is 2.56. The van der Waals surface area contributed by atoms with Crippen molar-refractivity contribution in [3.8, 4) is 0 Å². The summed E-state index contributed by atoms with van der Waals surface area (Å²) in [6.07, 6.45) is 0. The second kappa shape index (κ2) is 5.39. The summed E-state index contributed by atoms with van der Waals surface area (Å²) in [5.74, 6) is -1.02. The van der Waals surface area contributed by atoms with Crippen LogP contribution in [-0.2, 0) is 0 Å². The van der Waals surface area contributed by atoms with Gasteiger partial charge in [0.05, 0.1) is 4.83 Å². The zero-order valence-corrected chi connectivity index (χ0v) is 13.7. The lowest BCUT2D eigenvalue weighted by Gasteiger charge is -2.13. The Morgan fingerprint density at radius 3 is 2.44 bits per heavy atom.